The smallest absolute Gasteiger partial charge is 0.357 e. The standard InChI is InChI=1S/C17H16N2O6S3/c1-3-12-14(21)18-13(17(26-9(2)20)28-27-15(12)18)16(22)25-8-10-4-6-11(7-5-10)19(23)24/h4-7,12,15H,3,8H2,1-2H3. The number of amides is 1. The van der Waals surface area contributed by atoms with Crippen molar-refractivity contribution >= 4 is 56.0 Å². The summed E-state index contributed by atoms with van der Waals surface area (Å²) in [6.45, 7) is 3.21. The molecule has 2 heterocycles. The molecule has 1 aromatic rings. The second-order valence-corrected chi connectivity index (χ2v) is 9.80. The lowest BCUT2D eigenvalue weighted by Gasteiger charge is -2.48. The molecule has 148 valence electrons. The highest BCUT2D eigenvalue weighted by atomic mass is 33.1. The zero-order chi connectivity index (χ0) is 20.4. The summed E-state index contributed by atoms with van der Waals surface area (Å²) in [7, 11) is 2.77. The van der Waals surface area contributed by atoms with Gasteiger partial charge < -0.3 is 4.74 Å². The Morgan fingerprint density at radius 1 is 1.32 bits per heavy atom. The monoisotopic (exact) mass is 440 g/mol. The zero-order valence-electron chi connectivity index (χ0n) is 14.9. The molecule has 0 saturated carbocycles. The number of carbonyl (C=O) groups excluding carboxylic acids is 3. The Bertz CT molecular complexity index is 870. The van der Waals surface area contributed by atoms with Crippen LogP contribution in [-0.2, 0) is 25.7 Å². The number of carbonyl (C=O) groups is 3. The molecule has 11 heteroatoms. The zero-order valence-corrected chi connectivity index (χ0v) is 17.4. The lowest BCUT2D eigenvalue weighted by molar-refractivity contribution is -0.384. The summed E-state index contributed by atoms with van der Waals surface area (Å²) < 4.78 is 5.78. The normalized spacial score (nSPS) is 21.1. The molecule has 28 heavy (non-hydrogen) atoms. The van der Waals surface area contributed by atoms with Gasteiger partial charge >= 0.3 is 5.97 Å². The molecular formula is C17H16N2O6S3. The molecule has 2 unspecified atom stereocenters. The maximum absolute atomic E-state index is 12.7. The fourth-order valence-electron chi connectivity index (χ4n) is 2.79. The van der Waals surface area contributed by atoms with Gasteiger partial charge in [-0.1, -0.05) is 17.7 Å². The lowest BCUT2D eigenvalue weighted by Crippen LogP contribution is -2.60. The van der Waals surface area contributed by atoms with E-state index in [-0.39, 0.29) is 40.3 Å². The fourth-order valence-corrected chi connectivity index (χ4v) is 7.11. The van der Waals surface area contributed by atoms with E-state index in [0.29, 0.717) is 16.2 Å². The second-order valence-electron chi connectivity index (χ2n) is 6.02. The van der Waals surface area contributed by atoms with Crippen LogP contribution in [0.1, 0.15) is 25.8 Å². The minimum absolute atomic E-state index is 0.0572. The first-order valence-electron chi connectivity index (χ1n) is 8.33. The summed E-state index contributed by atoms with van der Waals surface area (Å²) in [6, 6.07) is 5.66. The first-order valence-corrected chi connectivity index (χ1v) is 11.4. The fraction of sp³-hybridized carbons (Fsp3) is 0.353. The quantitative estimate of drug-likeness (QED) is 0.215. The van der Waals surface area contributed by atoms with Crippen molar-refractivity contribution in [3.8, 4) is 0 Å². The number of non-ortho nitro benzene ring substituents is 1. The molecule has 1 amide bonds. The van der Waals surface area contributed by atoms with Gasteiger partial charge in [-0.15, -0.1) is 0 Å². The van der Waals surface area contributed by atoms with Gasteiger partial charge in [-0.3, -0.25) is 24.6 Å². The minimum Gasteiger partial charge on any atom is -0.456 e. The molecule has 0 aromatic heterocycles. The number of nitrogens with zero attached hydrogens (tertiary/aromatic N) is 2. The molecule has 2 atom stereocenters. The van der Waals surface area contributed by atoms with Gasteiger partial charge in [0.2, 0.25) is 5.91 Å². The lowest BCUT2D eigenvalue weighted by atomic mass is 9.94. The van der Waals surface area contributed by atoms with Gasteiger partial charge in [-0.2, -0.15) is 0 Å². The van der Waals surface area contributed by atoms with E-state index in [2.05, 4.69) is 0 Å². The van der Waals surface area contributed by atoms with Crippen molar-refractivity contribution in [1.82, 2.24) is 4.90 Å². The molecule has 0 spiro atoms. The third kappa shape index (κ3) is 4.06. The van der Waals surface area contributed by atoms with Gasteiger partial charge in [-0.05, 0) is 46.7 Å². The first kappa shape index (κ1) is 20.7. The number of hydrogen-bond acceptors (Lipinski definition) is 9. The van der Waals surface area contributed by atoms with Crippen LogP contribution in [0.2, 0.25) is 0 Å². The predicted octanol–water partition coefficient (Wildman–Crippen LogP) is 3.68. The van der Waals surface area contributed by atoms with Crippen LogP contribution in [0.25, 0.3) is 0 Å². The second kappa shape index (κ2) is 8.58. The maximum Gasteiger partial charge on any atom is 0.357 e. The number of nitro groups is 1. The molecular weight excluding hydrogens is 424 g/mol. The predicted molar refractivity (Wildman–Crippen MR) is 108 cm³/mol. The van der Waals surface area contributed by atoms with Crippen molar-refractivity contribution < 1.29 is 24.0 Å². The topological polar surface area (TPSA) is 107 Å². The summed E-state index contributed by atoms with van der Waals surface area (Å²) in [5.74, 6) is -0.995. The van der Waals surface area contributed by atoms with Gasteiger partial charge in [0.1, 0.15) is 12.0 Å². The van der Waals surface area contributed by atoms with Crippen molar-refractivity contribution in [2.75, 3.05) is 0 Å². The van der Waals surface area contributed by atoms with Crippen LogP contribution >= 0.6 is 33.3 Å². The van der Waals surface area contributed by atoms with Gasteiger partial charge in [0, 0.05) is 19.1 Å². The number of ether oxygens (including phenoxy) is 1. The Hall–Kier alpha value is -1.98. The van der Waals surface area contributed by atoms with E-state index in [0.717, 1.165) is 11.8 Å². The summed E-state index contributed by atoms with van der Waals surface area (Å²) in [4.78, 5) is 48.4. The molecule has 0 radical (unpaired) electrons. The van der Waals surface area contributed by atoms with Crippen molar-refractivity contribution in [3.63, 3.8) is 0 Å². The Balaban J connectivity index is 1.77. The molecule has 8 nitrogen and oxygen atoms in total. The summed E-state index contributed by atoms with van der Waals surface area (Å²) in [5, 5.41) is 10.4. The number of hydrogen-bond donors (Lipinski definition) is 0. The van der Waals surface area contributed by atoms with Crippen LogP contribution in [-0.4, -0.2) is 32.2 Å². The number of fused-ring (bicyclic) bond motifs is 1. The SMILES string of the molecule is CCC1C(=O)N2C(C(=O)OCc3ccc([N+](=O)[O-])cc3)=C(SC(C)=O)SSC12. The van der Waals surface area contributed by atoms with Crippen molar-refractivity contribution in [2.24, 2.45) is 5.92 Å². The number of thioether (sulfide) groups is 1. The highest BCUT2D eigenvalue weighted by molar-refractivity contribution is 8.80. The van der Waals surface area contributed by atoms with Crippen LogP contribution in [0.5, 0.6) is 0 Å². The van der Waals surface area contributed by atoms with Gasteiger partial charge in [0.05, 0.1) is 15.1 Å². The highest BCUT2D eigenvalue weighted by Crippen LogP contribution is 2.55. The largest absolute Gasteiger partial charge is 0.456 e. The Morgan fingerprint density at radius 3 is 2.57 bits per heavy atom. The summed E-state index contributed by atoms with van der Waals surface area (Å²) in [6.07, 6.45) is 0.674. The number of β-lactam (4-membered cyclic amide) rings is 1. The van der Waals surface area contributed by atoms with E-state index in [9.17, 15) is 24.5 Å². The molecule has 2 aliphatic heterocycles. The van der Waals surface area contributed by atoms with E-state index in [1.165, 1.54) is 57.7 Å². The Labute approximate surface area is 173 Å². The van der Waals surface area contributed by atoms with Gasteiger partial charge in [0.15, 0.2) is 10.8 Å². The van der Waals surface area contributed by atoms with Crippen molar-refractivity contribution in [3.05, 3.63) is 49.9 Å². The van der Waals surface area contributed by atoms with Crippen LogP contribution in [0, 0.1) is 16.0 Å². The van der Waals surface area contributed by atoms with Gasteiger partial charge in [0.25, 0.3) is 5.69 Å². The van der Waals surface area contributed by atoms with Crippen LogP contribution < -0.4 is 0 Å². The number of benzene rings is 1. The first-order chi connectivity index (χ1) is 13.3. The minimum atomic E-state index is -0.692. The van der Waals surface area contributed by atoms with E-state index in [1.807, 2.05) is 6.92 Å². The van der Waals surface area contributed by atoms with Crippen LogP contribution in [0.15, 0.2) is 34.2 Å². The van der Waals surface area contributed by atoms with Crippen molar-refractivity contribution in [1.29, 1.82) is 0 Å². The molecule has 1 saturated heterocycles. The maximum atomic E-state index is 12.7. The van der Waals surface area contributed by atoms with E-state index in [1.54, 1.807) is 0 Å². The molecule has 0 aliphatic carbocycles. The Kier molecular flexibility index (Phi) is 6.36. The highest BCUT2D eigenvalue weighted by Gasteiger charge is 2.53. The average Bonchev–Trinajstić information content (AvgIpc) is 2.66. The number of esters is 1. The number of rotatable bonds is 6. The average molecular weight is 441 g/mol. The third-order valence-corrected chi connectivity index (χ3v) is 8.24. The summed E-state index contributed by atoms with van der Waals surface area (Å²) >= 11 is 0.902. The van der Waals surface area contributed by atoms with Crippen molar-refractivity contribution in [2.45, 2.75) is 32.2 Å². The molecule has 3 rings (SSSR count). The van der Waals surface area contributed by atoms with E-state index >= 15 is 0 Å². The van der Waals surface area contributed by atoms with Crippen LogP contribution in [0.4, 0.5) is 5.69 Å². The number of nitro benzene ring substituents is 1. The third-order valence-electron chi connectivity index (χ3n) is 4.20. The molecule has 1 fully saturated rings. The molecule has 0 N–H and O–H groups in total. The van der Waals surface area contributed by atoms with Crippen LogP contribution in [0.3, 0.4) is 0 Å². The van der Waals surface area contributed by atoms with E-state index < -0.39 is 10.9 Å². The Morgan fingerprint density at radius 2 is 2.00 bits per heavy atom. The molecule has 0 bridgehead atoms. The summed E-state index contributed by atoms with van der Waals surface area (Å²) in [5.41, 5.74) is 0.625. The molecule has 2 aliphatic rings. The van der Waals surface area contributed by atoms with Gasteiger partial charge in [-0.25, -0.2) is 4.79 Å². The van der Waals surface area contributed by atoms with E-state index in [4.69, 9.17) is 4.74 Å². The molecule has 1 aromatic carbocycles.